The first kappa shape index (κ1) is 30.6. The summed E-state index contributed by atoms with van der Waals surface area (Å²) in [4.78, 5) is 0. The Morgan fingerprint density at radius 2 is 0.562 bits per heavy atom. The molecule has 0 aromatic heterocycles. The third kappa shape index (κ3) is 3.43. The van der Waals surface area contributed by atoms with Gasteiger partial charge in [-0.05, 0) is 0 Å². The Hall–Kier alpha value is -1.42. The maximum atomic E-state index is 13.2. The van der Waals surface area contributed by atoms with E-state index in [2.05, 4.69) is 0 Å². The lowest BCUT2D eigenvalue weighted by molar-refractivity contribution is -0.466. The Labute approximate surface area is 160 Å². The Balaban J connectivity index is 7.06. The van der Waals surface area contributed by atoms with Crippen molar-refractivity contribution in [3.63, 3.8) is 0 Å². The Morgan fingerprint density at radius 1 is 0.375 bits per heavy atom. The van der Waals surface area contributed by atoms with Crippen LogP contribution in [-0.4, -0.2) is 65.9 Å². The largest absolute Gasteiger partial charge is 0.460 e. The molecular formula is C9HF19O3S. The van der Waals surface area contributed by atoms with Gasteiger partial charge in [-0.25, -0.2) is 0 Å². The number of alkyl halides is 19. The number of hydrogen-bond donors (Lipinski definition) is 1. The van der Waals surface area contributed by atoms with Crippen LogP contribution >= 0.6 is 0 Å². The van der Waals surface area contributed by atoms with E-state index in [0.717, 1.165) is 0 Å². The van der Waals surface area contributed by atoms with E-state index in [-0.39, 0.29) is 0 Å². The van der Waals surface area contributed by atoms with Gasteiger partial charge in [-0.15, -0.1) is 0 Å². The lowest BCUT2D eigenvalue weighted by atomic mass is 9.90. The average molecular weight is 551 g/mol. The van der Waals surface area contributed by atoms with Crippen LogP contribution in [0.4, 0.5) is 83.4 Å². The summed E-state index contributed by atoms with van der Waals surface area (Å²) in [5.74, 6) is -62.2. The molecule has 32 heavy (non-hydrogen) atoms. The lowest BCUT2D eigenvalue weighted by Crippen LogP contribution is -2.76. The van der Waals surface area contributed by atoms with Crippen LogP contribution in [0.2, 0.25) is 0 Å². The fourth-order valence-corrected chi connectivity index (χ4v) is 1.96. The first-order chi connectivity index (χ1) is 13.2. The van der Waals surface area contributed by atoms with E-state index < -0.39 is 63.0 Å². The maximum absolute atomic E-state index is 13.2. The molecule has 0 aromatic rings. The Morgan fingerprint density at radius 3 is 0.750 bits per heavy atom. The average Bonchev–Trinajstić information content (AvgIpc) is 2.51. The molecule has 3 nitrogen and oxygen atoms in total. The summed E-state index contributed by atoms with van der Waals surface area (Å²) in [6.45, 7) is 0. The molecule has 0 saturated carbocycles. The van der Waals surface area contributed by atoms with Gasteiger partial charge in [0, 0.05) is 0 Å². The molecule has 23 heteroatoms. The maximum Gasteiger partial charge on any atom is 0.460 e. The third-order valence-electron chi connectivity index (χ3n) is 3.41. The molecule has 0 rings (SSSR count). The second kappa shape index (κ2) is 7.04. The highest BCUT2D eigenvalue weighted by Crippen LogP contribution is 2.65. The van der Waals surface area contributed by atoms with E-state index >= 15 is 0 Å². The monoisotopic (exact) mass is 551 g/mol. The van der Waals surface area contributed by atoms with E-state index in [4.69, 9.17) is 4.55 Å². The fourth-order valence-electron chi connectivity index (χ4n) is 1.51. The van der Waals surface area contributed by atoms with Gasteiger partial charge in [0.25, 0.3) is 0 Å². The molecule has 0 bridgehead atoms. The molecule has 0 saturated heterocycles. The molecule has 0 fully saturated rings. The molecule has 0 unspecified atom stereocenters. The number of rotatable bonds is 8. The van der Waals surface area contributed by atoms with Crippen LogP contribution in [0.15, 0.2) is 0 Å². The summed E-state index contributed by atoms with van der Waals surface area (Å²) < 4.78 is 270. The van der Waals surface area contributed by atoms with Gasteiger partial charge in [-0.2, -0.15) is 91.8 Å². The van der Waals surface area contributed by atoms with Crippen molar-refractivity contribution in [2.45, 2.75) is 52.9 Å². The molecule has 1 N–H and O–H groups in total. The van der Waals surface area contributed by atoms with Crippen molar-refractivity contribution in [1.82, 2.24) is 0 Å². The molecule has 0 aliphatic heterocycles. The van der Waals surface area contributed by atoms with Gasteiger partial charge in [0.2, 0.25) is 0 Å². The molecule has 0 spiro atoms. The standard InChI is InChI=1S/C9HF19O3S/c10-1(11,2(12,13)4(16,17)6(20,21)8(24,25)26)3(14,15)5(18,19)7(22,23)9(27,28)32(29,30)31/h(H,29,30,31)/i9+1. The van der Waals surface area contributed by atoms with Gasteiger partial charge < -0.3 is 0 Å². The number of halogens is 19. The predicted octanol–water partition coefficient (Wildman–Crippen LogP) is 5.48. The molecular weight excluding hydrogens is 550 g/mol. The molecule has 0 heterocycles. The molecule has 0 amide bonds. The summed E-state index contributed by atoms with van der Waals surface area (Å²) in [6.07, 6.45) is -7.99. The van der Waals surface area contributed by atoms with Crippen LogP contribution in [-0.2, 0) is 10.1 Å². The second-order valence-electron chi connectivity index (χ2n) is 5.51. The van der Waals surface area contributed by atoms with Crippen LogP contribution in [0.5, 0.6) is 0 Å². The summed E-state index contributed by atoms with van der Waals surface area (Å²) >= 11 is 0. The highest BCUT2D eigenvalue weighted by molar-refractivity contribution is 7.87. The zero-order valence-electron chi connectivity index (χ0n) is 13.4. The minimum Gasteiger partial charge on any atom is -0.281 e. The van der Waals surface area contributed by atoms with Crippen LogP contribution < -0.4 is 0 Å². The van der Waals surface area contributed by atoms with E-state index in [1.807, 2.05) is 0 Å². The van der Waals surface area contributed by atoms with E-state index in [9.17, 15) is 91.8 Å². The van der Waals surface area contributed by atoms with Gasteiger partial charge in [0.15, 0.2) is 0 Å². The first-order valence-corrected chi connectivity index (χ1v) is 7.75. The summed E-state index contributed by atoms with van der Waals surface area (Å²) in [5, 5.41) is -7.96. The van der Waals surface area contributed by atoms with Crippen molar-refractivity contribution in [1.29, 1.82) is 0 Å². The summed E-state index contributed by atoms with van der Waals surface area (Å²) in [7, 11) is -8.00. The highest BCUT2D eigenvalue weighted by atomic mass is 32.2. The quantitative estimate of drug-likeness (QED) is 0.247. The van der Waals surface area contributed by atoms with Crippen molar-refractivity contribution in [3.8, 4) is 0 Å². The summed E-state index contributed by atoms with van der Waals surface area (Å²) in [6, 6.07) is 0. The Kier molecular flexibility index (Phi) is 6.73. The van der Waals surface area contributed by atoms with Crippen molar-refractivity contribution in [3.05, 3.63) is 0 Å². The SMILES string of the molecule is O=S(=O)(O)[13C](F)(F)C(F)(F)C(F)(F)C(F)(F)C(F)(F)C(F)(F)C(F)(F)C(F)(F)C(F)(F)F. The van der Waals surface area contributed by atoms with Gasteiger partial charge in [-0.1, -0.05) is 0 Å². The molecule has 0 aliphatic carbocycles. The van der Waals surface area contributed by atoms with E-state index in [0.29, 0.717) is 0 Å². The Bertz CT molecular complexity index is 821. The predicted molar refractivity (Wildman–Crippen MR) is 57.2 cm³/mol. The van der Waals surface area contributed by atoms with Gasteiger partial charge in [0.05, 0.1) is 0 Å². The van der Waals surface area contributed by atoms with Crippen LogP contribution in [0, 0.1) is 0 Å². The molecule has 0 radical (unpaired) electrons. The minimum absolute atomic E-state index is 7.68. The molecule has 0 aromatic carbocycles. The smallest absolute Gasteiger partial charge is 0.281 e. The van der Waals surface area contributed by atoms with Crippen LogP contribution in [0.25, 0.3) is 0 Å². The molecule has 0 atom stereocenters. The van der Waals surface area contributed by atoms with Gasteiger partial charge in [0.1, 0.15) is 0 Å². The van der Waals surface area contributed by atoms with Gasteiger partial charge in [-0.3, -0.25) is 4.55 Å². The van der Waals surface area contributed by atoms with E-state index in [1.54, 1.807) is 0 Å². The molecule has 194 valence electrons. The van der Waals surface area contributed by atoms with Crippen LogP contribution in [0.1, 0.15) is 0 Å². The molecule has 0 aliphatic rings. The third-order valence-corrected chi connectivity index (χ3v) is 4.32. The highest BCUT2D eigenvalue weighted by Gasteiger charge is 2.97. The zero-order valence-corrected chi connectivity index (χ0v) is 14.2. The van der Waals surface area contributed by atoms with Crippen molar-refractivity contribution >= 4 is 10.1 Å². The summed E-state index contributed by atoms with van der Waals surface area (Å²) in [5.41, 5.74) is 0. The van der Waals surface area contributed by atoms with Crippen molar-refractivity contribution in [2.75, 3.05) is 0 Å². The van der Waals surface area contributed by atoms with Crippen molar-refractivity contribution < 1.29 is 96.4 Å². The zero-order chi connectivity index (χ0) is 27.0. The van der Waals surface area contributed by atoms with Gasteiger partial charge >= 0.3 is 63.0 Å². The first-order valence-electron chi connectivity index (χ1n) is 6.31. The fraction of sp³-hybridized carbons (Fsp3) is 1.00. The minimum atomic E-state index is -9.15. The van der Waals surface area contributed by atoms with E-state index in [1.165, 1.54) is 0 Å². The number of hydrogen-bond acceptors (Lipinski definition) is 2. The van der Waals surface area contributed by atoms with Crippen LogP contribution in [0.3, 0.4) is 0 Å². The lowest BCUT2D eigenvalue weighted by Gasteiger charge is -2.43. The second-order valence-corrected chi connectivity index (χ2v) is 6.97. The normalized spacial score (nSPS) is 17.0. The topological polar surface area (TPSA) is 54.4 Å². The van der Waals surface area contributed by atoms with Crippen molar-refractivity contribution in [2.24, 2.45) is 0 Å².